The van der Waals surface area contributed by atoms with Crippen molar-refractivity contribution in [3.8, 4) is 0 Å². The molecule has 7 heteroatoms. The second-order valence-electron chi connectivity index (χ2n) is 13.3. The molecular formula is C36H68NO6+. The summed E-state index contributed by atoms with van der Waals surface area (Å²) in [6.07, 6.45) is 28.0. The molecule has 0 aliphatic carbocycles. The molecule has 252 valence electrons. The van der Waals surface area contributed by atoms with E-state index in [1.165, 1.54) is 83.5 Å². The van der Waals surface area contributed by atoms with Gasteiger partial charge in [0.15, 0.2) is 0 Å². The van der Waals surface area contributed by atoms with Crippen molar-refractivity contribution in [1.29, 1.82) is 0 Å². The number of nitrogens with zero attached hydrogens (tertiary/aromatic N) is 1. The predicted molar refractivity (Wildman–Crippen MR) is 177 cm³/mol. The summed E-state index contributed by atoms with van der Waals surface area (Å²) in [5.74, 6) is -3.95. The summed E-state index contributed by atoms with van der Waals surface area (Å²) in [6.45, 7) is 10.1. The zero-order valence-electron chi connectivity index (χ0n) is 28.4. The molecule has 3 N–H and O–H groups in total. The van der Waals surface area contributed by atoms with E-state index >= 15 is 0 Å². The Balaban J connectivity index is 4.51. The molecule has 0 spiro atoms. The number of hydrogen-bond donors (Lipinski definition) is 3. The van der Waals surface area contributed by atoms with Gasteiger partial charge in [-0.1, -0.05) is 117 Å². The van der Waals surface area contributed by atoms with Crippen LogP contribution in [-0.4, -0.2) is 63.9 Å². The van der Waals surface area contributed by atoms with Crippen LogP contribution in [0.25, 0.3) is 0 Å². The summed E-state index contributed by atoms with van der Waals surface area (Å²) in [5.41, 5.74) is 0. The zero-order valence-corrected chi connectivity index (χ0v) is 28.4. The zero-order chi connectivity index (χ0) is 32.3. The van der Waals surface area contributed by atoms with E-state index in [1.807, 2.05) is 0 Å². The highest BCUT2D eigenvalue weighted by Crippen LogP contribution is 2.21. The SMILES string of the molecule is CCCCCCCCCCCCCCC/C=C/CCCC[N+](CCC(C)C(=O)O)(CCC(C)C(=O)O)CCC(C)C(=O)O. The van der Waals surface area contributed by atoms with Gasteiger partial charge in [0, 0.05) is 19.3 Å². The first-order valence-corrected chi connectivity index (χ1v) is 17.7. The lowest BCUT2D eigenvalue weighted by molar-refractivity contribution is -0.929. The third-order valence-electron chi connectivity index (χ3n) is 9.27. The molecule has 0 saturated carbocycles. The van der Waals surface area contributed by atoms with Gasteiger partial charge in [0.25, 0.3) is 0 Å². The number of allylic oxidation sites excluding steroid dienone is 2. The van der Waals surface area contributed by atoms with Gasteiger partial charge < -0.3 is 19.8 Å². The van der Waals surface area contributed by atoms with Crippen molar-refractivity contribution in [2.45, 2.75) is 156 Å². The van der Waals surface area contributed by atoms with Gasteiger partial charge in [-0.25, -0.2) is 0 Å². The minimum absolute atomic E-state index is 0.487. The van der Waals surface area contributed by atoms with Crippen molar-refractivity contribution in [1.82, 2.24) is 0 Å². The van der Waals surface area contributed by atoms with E-state index in [9.17, 15) is 29.7 Å². The molecule has 0 aromatic rings. The van der Waals surface area contributed by atoms with Crippen molar-refractivity contribution >= 4 is 17.9 Å². The van der Waals surface area contributed by atoms with Gasteiger partial charge in [-0.2, -0.15) is 0 Å². The highest BCUT2D eigenvalue weighted by atomic mass is 16.4. The standard InChI is InChI=1S/C36H67NO6/c1-5-6-7-8-9-10-11-12-13-14-15-16-17-18-19-20-21-22-23-27-37(28-24-31(2)34(38)39,29-25-32(3)35(40)41)30-26-33(4)36(42)43/h19-20,31-33H,5-18,21-30H2,1-4H3,(H2-,38,39,40,41,42,43)/p+1/b20-19+. The van der Waals surface area contributed by atoms with E-state index < -0.39 is 35.7 Å². The summed E-state index contributed by atoms with van der Waals surface area (Å²) in [5, 5.41) is 28.3. The van der Waals surface area contributed by atoms with Crippen molar-refractivity contribution in [3.63, 3.8) is 0 Å². The number of carboxylic acid groups (broad SMARTS) is 3. The molecule has 3 atom stereocenters. The molecular weight excluding hydrogens is 542 g/mol. The third-order valence-corrected chi connectivity index (χ3v) is 9.27. The summed E-state index contributed by atoms with van der Waals surface area (Å²) in [7, 11) is 0. The van der Waals surface area contributed by atoms with Gasteiger partial charge in [-0.05, 0) is 32.1 Å². The molecule has 0 rings (SSSR count). The average molecular weight is 611 g/mol. The quantitative estimate of drug-likeness (QED) is 0.0410. The van der Waals surface area contributed by atoms with Crippen LogP contribution in [0.3, 0.4) is 0 Å². The predicted octanol–water partition coefficient (Wildman–Crippen LogP) is 9.34. The second kappa shape index (κ2) is 26.5. The minimum Gasteiger partial charge on any atom is -0.481 e. The van der Waals surface area contributed by atoms with Crippen LogP contribution < -0.4 is 0 Å². The Kier molecular flexibility index (Phi) is 25.3. The number of rotatable bonds is 31. The first-order valence-electron chi connectivity index (χ1n) is 17.7. The maximum Gasteiger partial charge on any atom is 0.306 e. The summed E-state index contributed by atoms with van der Waals surface area (Å²) >= 11 is 0. The molecule has 43 heavy (non-hydrogen) atoms. The Labute approximate surface area is 264 Å². The Hall–Kier alpha value is -1.89. The molecule has 0 heterocycles. The van der Waals surface area contributed by atoms with E-state index in [1.54, 1.807) is 20.8 Å². The molecule has 0 amide bonds. The monoisotopic (exact) mass is 611 g/mol. The van der Waals surface area contributed by atoms with Gasteiger partial charge in [0.2, 0.25) is 0 Å². The highest BCUT2D eigenvalue weighted by molar-refractivity contribution is 5.70. The van der Waals surface area contributed by atoms with Crippen molar-refractivity contribution in [2.24, 2.45) is 17.8 Å². The summed E-state index contributed by atoms with van der Waals surface area (Å²) < 4.78 is 0.593. The van der Waals surface area contributed by atoms with Gasteiger partial charge in [0.1, 0.15) is 0 Å². The number of carboxylic acids is 3. The molecule has 0 aromatic heterocycles. The topological polar surface area (TPSA) is 112 Å². The molecule has 0 aromatic carbocycles. The maximum atomic E-state index is 11.5. The third kappa shape index (κ3) is 23.2. The lowest BCUT2D eigenvalue weighted by Gasteiger charge is -2.40. The summed E-state index contributed by atoms with van der Waals surface area (Å²) in [6, 6.07) is 0. The van der Waals surface area contributed by atoms with Gasteiger partial charge in [0.05, 0.1) is 43.9 Å². The summed E-state index contributed by atoms with van der Waals surface area (Å²) in [4.78, 5) is 34.5. The van der Waals surface area contributed by atoms with Crippen molar-refractivity contribution < 1.29 is 34.2 Å². The van der Waals surface area contributed by atoms with E-state index in [0.717, 1.165) is 32.2 Å². The molecule has 3 unspecified atom stereocenters. The maximum absolute atomic E-state index is 11.5. The van der Waals surface area contributed by atoms with E-state index in [2.05, 4.69) is 19.1 Å². The first kappa shape index (κ1) is 41.1. The van der Waals surface area contributed by atoms with E-state index in [4.69, 9.17) is 0 Å². The fraction of sp³-hybridized carbons (Fsp3) is 0.861. The fourth-order valence-corrected chi connectivity index (χ4v) is 5.67. The number of carbonyl (C=O) groups is 3. The Morgan fingerprint density at radius 2 is 0.791 bits per heavy atom. The lowest BCUT2D eigenvalue weighted by atomic mass is 10.0. The Morgan fingerprint density at radius 1 is 0.488 bits per heavy atom. The highest BCUT2D eigenvalue weighted by Gasteiger charge is 2.31. The number of quaternary nitrogens is 1. The molecule has 0 saturated heterocycles. The second-order valence-corrected chi connectivity index (χ2v) is 13.3. The molecule has 0 aliphatic rings. The Bertz CT molecular complexity index is 692. The molecule has 0 fully saturated rings. The first-order chi connectivity index (χ1) is 20.5. The number of unbranched alkanes of at least 4 members (excludes halogenated alkanes) is 15. The fourth-order valence-electron chi connectivity index (χ4n) is 5.67. The van der Waals surface area contributed by atoms with Crippen LogP contribution in [0.5, 0.6) is 0 Å². The van der Waals surface area contributed by atoms with Crippen LogP contribution in [0.2, 0.25) is 0 Å². The van der Waals surface area contributed by atoms with Crippen LogP contribution in [0.4, 0.5) is 0 Å². The average Bonchev–Trinajstić information content (AvgIpc) is 2.97. The van der Waals surface area contributed by atoms with Gasteiger partial charge in [-0.3, -0.25) is 14.4 Å². The number of hydrogen-bond acceptors (Lipinski definition) is 3. The van der Waals surface area contributed by atoms with Crippen LogP contribution in [0, 0.1) is 17.8 Å². The lowest BCUT2D eigenvalue weighted by Crippen LogP contribution is -2.52. The molecule has 7 nitrogen and oxygen atoms in total. The minimum atomic E-state index is -0.829. The molecule has 0 bridgehead atoms. The van der Waals surface area contributed by atoms with Gasteiger partial charge >= 0.3 is 17.9 Å². The van der Waals surface area contributed by atoms with Crippen molar-refractivity contribution in [2.75, 3.05) is 26.2 Å². The smallest absolute Gasteiger partial charge is 0.306 e. The largest absolute Gasteiger partial charge is 0.481 e. The van der Waals surface area contributed by atoms with Gasteiger partial charge in [-0.15, -0.1) is 0 Å². The Morgan fingerprint density at radius 3 is 1.12 bits per heavy atom. The van der Waals surface area contributed by atoms with E-state index in [0.29, 0.717) is 43.4 Å². The number of aliphatic carboxylic acids is 3. The van der Waals surface area contributed by atoms with Crippen LogP contribution in [0.1, 0.15) is 156 Å². The van der Waals surface area contributed by atoms with Crippen molar-refractivity contribution in [3.05, 3.63) is 12.2 Å². The normalized spacial score (nSPS) is 15.3. The van der Waals surface area contributed by atoms with Crippen LogP contribution in [-0.2, 0) is 14.4 Å². The van der Waals surface area contributed by atoms with E-state index in [-0.39, 0.29) is 0 Å². The molecule has 0 radical (unpaired) electrons. The van der Waals surface area contributed by atoms with Crippen LogP contribution in [0.15, 0.2) is 12.2 Å². The molecule has 0 aliphatic heterocycles. The van der Waals surface area contributed by atoms with Crippen LogP contribution >= 0.6 is 0 Å².